The van der Waals surface area contributed by atoms with E-state index in [1.807, 2.05) is 0 Å². The molecule has 1 aromatic rings. The Labute approximate surface area is 116 Å². The summed E-state index contributed by atoms with van der Waals surface area (Å²) >= 11 is 0. The number of halogens is 3. The minimum atomic E-state index is -4.46. The first-order valence-electron chi connectivity index (χ1n) is 6.35. The van der Waals surface area contributed by atoms with Gasteiger partial charge in [0.05, 0.1) is 15.7 Å². The fourth-order valence-electron chi connectivity index (χ4n) is 2.64. The van der Waals surface area contributed by atoms with Gasteiger partial charge in [0.25, 0.3) is 0 Å². The molecule has 0 amide bonds. The van der Waals surface area contributed by atoms with Crippen molar-refractivity contribution in [2.45, 2.75) is 41.6 Å². The molecule has 2 atom stereocenters. The second-order valence-electron chi connectivity index (χ2n) is 4.93. The minimum Gasteiger partial charge on any atom is -0.316 e. The Hall–Kier alpha value is -1.08. The number of rotatable bonds is 3. The van der Waals surface area contributed by atoms with Gasteiger partial charge < -0.3 is 5.32 Å². The van der Waals surface area contributed by atoms with Crippen LogP contribution in [0.2, 0.25) is 0 Å². The first kappa shape index (κ1) is 15.3. The molecule has 1 aromatic carbocycles. The molecule has 0 saturated heterocycles. The highest BCUT2D eigenvalue weighted by molar-refractivity contribution is 7.92. The second kappa shape index (κ2) is 5.37. The van der Waals surface area contributed by atoms with E-state index in [2.05, 4.69) is 5.32 Å². The Kier molecular flexibility index (Phi) is 4.11. The van der Waals surface area contributed by atoms with Crippen molar-refractivity contribution in [2.24, 2.45) is 0 Å². The molecule has 20 heavy (non-hydrogen) atoms. The highest BCUT2D eigenvalue weighted by Crippen LogP contribution is 2.33. The van der Waals surface area contributed by atoms with Crippen LogP contribution < -0.4 is 5.32 Å². The molecule has 1 saturated carbocycles. The molecule has 1 N–H and O–H groups in total. The van der Waals surface area contributed by atoms with E-state index in [-0.39, 0.29) is 10.9 Å². The molecule has 2 unspecified atom stereocenters. The summed E-state index contributed by atoms with van der Waals surface area (Å²) in [4.78, 5) is -0.0438. The summed E-state index contributed by atoms with van der Waals surface area (Å²) in [6.07, 6.45) is -2.35. The summed E-state index contributed by atoms with van der Waals surface area (Å²) in [5, 5.41) is 2.40. The van der Waals surface area contributed by atoms with Crippen molar-refractivity contribution in [3.05, 3.63) is 29.8 Å². The molecule has 112 valence electrons. The average molecular weight is 307 g/mol. The summed E-state index contributed by atoms with van der Waals surface area (Å²) in [7, 11) is -1.89. The molecule has 3 nitrogen and oxygen atoms in total. The van der Waals surface area contributed by atoms with Gasteiger partial charge in [-0.2, -0.15) is 13.2 Å². The van der Waals surface area contributed by atoms with Crippen molar-refractivity contribution in [2.75, 3.05) is 7.05 Å². The molecule has 0 heterocycles. The van der Waals surface area contributed by atoms with Crippen LogP contribution in [0.5, 0.6) is 0 Å². The van der Waals surface area contributed by atoms with E-state index in [0.29, 0.717) is 6.42 Å². The maximum Gasteiger partial charge on any atom is 0.416 e. The molecule has 1 aliphatic rings. The lowest BCUT2D eigenvalue weighted by Gasteiger charge is -2.19. The van der Waals surface area contributed by atoms with Crippen molar-refractivity contribution in [1.82, 2.24) is 5.32 Å². The molecule has 0 aliphatic heterocycles. The van der Waals surface area contributed by atoms with Gasteiger partial charge in [-0.25, -0.2) is 8.42 Å². The SMILES string of the molecule is CNC1CCCC1S(=O)(=O)c1ccc(C(F)(F)F)cc1. The molecule has 0 radical (unpaired) electrons. The molecular formula is C13H16F3NO2S. The fraction of sp³-hybridized carbons (Fsp3) is 0.538. The summed E-state index contributed by atoms with van der Waals surface area (Å²) in [6, 6.07) is 3.58. The lowest BCUT2D eigenvalue weighted by atomic mass is 10.2. The van der Waals surface area contributed by atoms with Gasteiger partial charge in [0.15, 0.2) is 9.84 Å². The van der Waals surface area contributed by atoms with E-state index < -0.39 is 26.8 Å². The maximum atomic E-state index is 12.5. The van der Waals surface area contributed by atoms with Gasteiger partial charge in [0, 0.05) is 6.04 Å². The molecule has 7 heteroatoms. The van der Waals surface area contributed by atoms with E-state index in [9.17, 15) is 21.6 Å². The van der Waals surface area contributed by atoms with E-state index in [1.165, 1.54) is 0 Å². The second-order valence-corrected chi connectivity index (χ2v) is 7.10. The van der Waals surface area contributed by atoms with Crippen LogP contribution in [0.25, 0.3) is 0 Å². The molecule has 0 aromatic heterocycles. The molecule has 1 fully saturated rings. The van der Waals surface area contributed by atoms with Crippen molar-refractivity contribution < 1.29 is 21.6 Å². The van der Waals surface area contributed by atoms with Crippen molar-refractivity contribution in [1.29, 1.82) is 0 Å². The molecule has 2 rings (SSSR count). The number of nitrogens with one attached hydrogen (secondary N) is 1. The van der Waals surface area contributed by atoms with Crippen molar-refractivity contribution >= 4 is 9.84 Å². The number of sulfone groups is 1. The Morgan fingerprint density at radius 3 is 2.25 bits per heavy atom. The highest BCUT2D eigenvalue weighted by Gasteiger charge is 2.38. The van der Waals surface area contributed by atoms with Gasteiger partial charge in [0.1, 0.15) is 0 Å². The standard InChI is InChI=1S/C13H16F3NO2S/c1-17-11-3-2-4-12(11)20(18,19)10-7-5-9(6-8-10)13(14,15)16/h5-8,11-12,17H,2-4H2,1H3. The lowest BCUT2D eigenvalue weighted by Crippen LogP contribution is -2.38. The quantitative estimate of drug-likeness (QED) is 0.934. The maximum absolute atomic E-state index is 12.5. The predicted molar refractivity (Wildman–Crippen MR) is 69.1 cm³/mol. The fourth-order valence-corrected chi connectivity index (χ4v) is 4.68. The van der Waals surface area contributed by atoms with Crippen LogP contribution in [0.3, 0.4) is 0 Å². The number of hydrogen-bond acceptors (Lipinski definition) is 3. The normalized spacial score (nSPS) is 24.0. The van der Waals surface area contributed by atoms with Gasteiger partial charge in [-0.1, -0.05) is 6.42 Å². The van der Waals surface area contributed by atoms with Crippen LogP contribution >= 0.6 is 0 Å². The van der Waals surface area contributed by atoms with Crippen molar-refractivity contribution in [3.63, 3.8) is 0 Å². The first-order chi connectivity index (χ1) is 9.26. The van der Waals surface area contributed by atoms with Gasteiger partial charge in [-0.15, -0.1) is 0 Å². The number of benzene rings is 1. The van der Waals surface area contributed by atoms with E-state index in [4.69, 9.17) is 0 Å². The van der Waals surface area contributed by atoms with Crippen LogP contribution in [-0.2, 0) is 16.0 Å². The van der Waals surface area contributed by atoms with Crippen LogP contribution in [0.4, 0.5) is 13.2 Å². The summed E-state index contributed by atoms with van der Waals surface area (Å²) in [5.41, 5.74) is -0.840. The van der Waals surface area contributed by atoms with Gasteiger partial charge >= 0.3 is 6.18 Å². The van der Waals surface area contributed by atoms with E-state index in [0.717, 1.165) is 37.1 Å². The average Bonchev–Trinajstić information content (AvgIpc) is 2.87. The number of alkyl halides is 3. The summed E-state index contributed by atoms with van der Waals surface area (Å²) < 4.78 is 62.3. The summed E-state index contributed by atoms with van der Waals surface area (Å²) in [5.74, 6) is 0. The zero-order chi connectivity index (χ0) is 15.0. The van der Waals surface area contributed by atoms with Crippen molar-refractivity contribution in [3.8, 4) is 0 Å². The summed E-state index contributed by atoms with van der Waals surface area (Å²) in [6.45, 7) is 0. The predicted octanol–water partition coefficient (Wildman–Crippen LogP) is 2.62. The van der Waals surface area contributed by atoms with Crippen LogP contribution in [-0.4, -0.2) is 26.8 Å². The third-order valence-corrected chi connectivity index (χ3v) is 6.02. The zero-order valence-electron chi connectivity index (χ0n) is 10.9. The Bertz CT molecular complexity index is 566. The smallest absolute Gasteiger partial charge is 0.316 e. The van der Waals surface area contributed by atoms with Crippen LogP contribution in [0, 0.1) is 0 Å². The Morgan fingerprint density at radius 2 is 1.75 bits per heavy atom. The van der Waals surface area contributed by atoms with Gasteiger partial charge in [-0.3, -0.25) is 0 Å². The zero-order valence-corrected chi connectivity index (χ0v) is 11.8. The largest absolute Gasteiger partial charge is 0.416 e. The number of hydrogen-bond donors (Lipinski definition) is 1. The topological polar surface area (TPSA) is 46.2 Å². The third kappa shape index (κ3) is 2.83. The van der Waals surface area contributed by atoms with Crippen LogP contribution in [0.15, 0.2) is 29.2 Å². The molecule has 1 aliphatic carbocycles. The van der Waals surface area contributed by atoms with Crippen LogP contribution in [0.1, 0.15) is 24.8 Å². The molecule has 0 bridgehead atoms. The highest BCUT2D eigenvalue weighted by atomic mass is 32.2. The van der Waals surface area contributed by atoms with Gasteiger partial charge in [-0.05, 0) is 44.2 Å². The lowest BCUT2D eigenvalue weighted by molar-refractivity contribution is -0.137. The van der Waals surface area contributed by atoms with E-state index >= 15 is 0 Å². The molecule has 0 spiro atoms. The molecular weight excluding hydrogens is 291 g/mol. The minimum absolute atomic E-state index is 0.0438. The Balaban J connectivity index is 2.31. The monoisotopic (exact) mass is 307 g/mol. The van der Waals surface area contributed by atoms with Gasteiger partial charge in [0.2, 0.25) is 0 Å². The van der Waals surface area contributed by atoms with E-state index in [1.54, 1.807) is 7.05 Å². The third-order valence-electron chi connectivity index (χ3n) is 3.73. The first-order valence-corrected chi connectivity index (χ1v) is 7.90. The Morgan fingerprint density at radius 1 is 1.15 bits per heavy atom.